The molecule has 0 spiro atoms. The first-order valence-corrected chi connectivity index (χ1v) is 7.90. The van der Waals surface area contributed by atoms with Crippen LogP contribution in [-0.4, -0.2) is 29.7 Å². The van der Waals surface area contributed by atoms with Crippen molar-refractivity contribution in [2.75, 3.05) is 18.6 Å². The molecule has 0 amide bonds. The maximum Gasteiger partial charge on any atom is 0.347 e. The molecule has 3 heterocycles. The number of aromatic carboxylic acids is 1. The van der Waals surface area contributed by atoms with E-state index in [1.165, 1.54) is 21.8 Å². The lowest BCUT2D eigenvalue weighted by Crippen LogP contribution is -2.29. The molecule has 1 aliphatic heterocycles. The van der Waals surface area contributed by atoms with Crippen molar-refractivity contribution >= 4 is 33.8 Å². The van der Waals surface area contributed by atoms with Crippen molar-refractivity contribution in [3.63, 3.8) is 0 Å². The van der Waals surface area contributed by atoms with Gasteiger partial charge in [-0.05, 0) is 23.4 Å². The number of thiazole rings is 1. The number of methoxy groups -OCH3 is 1. The van der Waals surface area contributed by atoms with Gasteiger partial charge in [-0.1, -0.05) is 11.3 Å². The van der Waals surface area contributed by atoms with Gasteiger partial charge in [0.05, 0.1) is 12.3 Å². The molecule has 0 unspecified atom stereocenters. The lowest BCUT2D eigenvalue weighted by Gasteiger charge is -2.26. The van der Waals surface area contributed by atoms with Crippen molar-refractivity contribution in [3.8, 4) is 0 Å². The van der Waals surface area contributed by atoms with E-state index in [1.807, 2.05) is 0 Å². The number of thiophene rings is 1. The lowest BCUT2D eigenvalue weighted by atomic mass is 10.1. The fourth-order valence-corrected chi connectivity index (χ4v) is 4.11. The molecule has 0 saturated heterocycles. The van der Waals surface area contributed by atoms with Crippen LogP contribution in [0.15, 0.2) is 11.4 Å². The number of ether oxygens (including phenoxy) is 1. The van der Waals surface area contributed by atoms with Crippen LogP contribution in [0.1, 0.15) is 25.8 Å². The molecule has 0 saturated carbocycles. The quantitative estimate of drug-likeness (QED) is 0.940. The molecule has 1 aliphatic rings. The Morgan fingerprint density at radius 3 is 3.20 bits per heavy atom. The van der Waals surface area contributed by atoms with E-state index in [1.54, 1.807) is 18.4 Å². The van der Waals surface area contributed by atoms with E-state index in [-0.39, 0.29) is 11.5 Å². The summed E-state index contributed by atoms with van der Waals surface area (Å²) in [5, 5.41) is 12.1. The van der Waals surface area contributed by atoms with Gasteiger partial charge in [0.25, 0.3) is 0 Å². The van der Waals surface area contributed by atoms with Crippen LogP contribution in [0.25, 0.3) is 0 Å². The molecule has 3 rings (SSSR count). The van der Waals surface area contributed by atoms with Crippen LogP contribution in [0.4, 0.5) is 5.13 Å². The Hall–Kier alpha value is -1.44. The summed E-state index contributed by atoms with van der Waals surface area (Å²) in [6.07, 6.45) is 0.995. The number of carboxylic acids is 1. The second kappa shape index (κ2) is 5.51. The van der Waals surface area contributed by atoms with Gasteiger partial charge in [-0.15, -0.1) is 11.3 Å². The van der Waals surface area contributed by atoms with Crippen LogP contribution in [-0.2, 0) is 24.3 Å². The highest BCUT2D eigenvalue weighted by Crippen LogP contribution is 2.32. The van der Waals surface area contributed by atoms with Gasteiger partial charge in [0.2, 0.25) is 0 Å². The molecule has 0 bridgehead atoms. The number of rotatable bonds is 4. The van der Waals surface area contributed by atoms with Crippen LogP contribution >= 0.6 is 22.7 Å². The summed E-state index contributed by atoms with van der Waals surface area (Å²) in [5.41, 5.74) is 1.83. The number of hydrogen-bond donors (Lipinski definition) is 1. The van der Waals surface area contributed by atoms with E-state index in [0.717, 1.165) is 24.6 Å². The Morgan fingerprint density at radius 1 is 1.60 bits per heavy atom. The van der Waals surface area contributed by atoms with E-state index in [9.17, 15) is 9.90 Å². The van der Waals surface area contributed by atoms with E-state index in [2.05, 4.69) is 21.3 Å². The predicted octanol–water partition coefficient (Wildman–Crippen LogP) is 2.61. The summed E-state index contributed by atoms with van der Waals surface area (Å²) in [6.45, 7) is 1.92. The average Bonchev–Trinajstić information content (AvgIpc) is 3.04. The van der Waals surface area contributed by atoms with Crippen molar-refractivity contribution in [3.05, 3.63) is 32.5 Å². The topological polar surface area (TPSA) is 62.7 Å². The van der Waals surface area contributed by atoms with Gasteiger partial charge in [-0.25, -0.2) is 9.78 Å². The van der Waals surface area contributed by atoms with E-state index >= 15 is 0 Å². The number of aromatic nitrogens is 1. The minimum absolute atomic E-state index is 0.232. The van der Waals surface area contributed by atoms with Crippen molar-refractivity contribution in [2.24, 2.45) is 0 Å². The van der Waals surface area contributed by atoms with Crippen molar-refractivity contribution in [1.29, 1.82) is 0 Å². The largest absolute Gasteiger partial charge is 0.477 e. The highest BCUT2D eigenvalue weighted by Gasteiger charge is 2.24. The second-order valence-corrected chi connectivity index (χ2v) is 6.53. The average molecular weight is 310 g/mol. The molecule has 2 aromatic rings. The number of anilines is 1. The third-order valence-corrected chi connectivity index (χ3v) is 5.41. The Morgan fingerprint density at radius 2 is 2.45 bits per heavy atom. The lowest BCUT2D eigenvalue weighted by molar-refractivity contribution is 0.0697. The summed E-state index contributed by atoms with van der Waals surface area (Å²) in [7, 11) is 1.54. The zero-order valence-corrected chi connectivity index (χ0v) is 12.6. The van der Waals surface area contributed by atoms with E-state index in [4.69, 9.17) is 4.74 Å². The summed E-state index contributed by atoms with van der Waals surface area (Å²) >= 11 is 3.02. The highest BCUT2D eigenvalue weighted by molar-refractivity contribution is 7.17. The molecular weight excluding hydrogens is 296 g/mol. The number of carbonyl (C=O) groups is 1. The number of nitrogens with zero attached hydrogens (tertiary/aromatic N) is 2. The monoisotopic (exact) mass is 310 g/mol. The zero-order valence-electron chi connectivity index (χ0n) is 11.0. The Bertz CT molecular complexity index is 635. The minimum atomic E-state index is -0.936. The second-order valence-electron chi connectivity index (χ2n) is 4.55. The molecule has 0 aliphatic carbocycles. The number of hydrogen-bond acceptors (Lipinski definition) is 6. The summed E-state index contributed by atoms with van der Waals surface area (Å²) < 4.78 is 5.03. The van der Waals surface area contributed by atoms with E-state index in [0.29, 0.717) is 5.69 Å². The summed E-state index contributed by atoms with van der Waals surface area (Å²) in [5.74, 6) is -0.936. The fourth-order valence-electron chi connectivity index (χ4n) is 2.29. The predicted molar refractivity (Wildman–Crippen MR) is 78.9 cm³/mol. The van der Waals surface area contributed by atoms with Crippen molar-refractivity contribution in [2.45, 2.75) is 19.6 Å². The summed E-state index contributed by atoms with van der Waals surface area (Å²) in [4.78, 5) is 19.5. The third kappa shape index (κ3) is 2.44. The molecule has 2 aromatic heterocycles. The van der Waals surface area contributed by atoms with Gasteiger partial charge in [0.15, 0.2) is 5.13 Å². The maximum atomic E-state index is 11.2. The third-order valence-electron chi connectivity index (χ3n) is 3.24. The molecule has 0 atom stereocenters. The standard InChI is InChI=1S/C13H14N2O3S2/c1-18-7-9-11(12(16)17)20-13(14-9)15-4-2-10-8(6-15)3-5-19-10/h3,5H,2,4,6-7H2,1H3,(H,16,17). The van der Waals surface area contributed by atoms with Gasteiger partial charge < -0.3 is 14.7 Å². The molecule has 0 aromatic carbocycles. The van der Waals surface area contributed by atoms with Crippen LogP contribution < -0.4 is 4.90 Å². The molecule has 106 valence electrons. The Labute approximate surface area is 124 Å². The molecular formula is C13H14N2O3S2. The first kappa shape index (κ1) is 13.5. The normalized spacial score (nSPS) is 14.3. The maximum absolute atomic E-state index is 11.2. The smallest absolute Gasteiger partial charge is 0.347 e. The van der Waals surface area contributed by atoms with Crippen LogP contribution in [0.3, 0.4) is 0 Å². The Balaban J connectivity index is 1.88. The van der Waals surface area contributed by atoms with Crippen molar-refractivity contribution < 1.29 is 14.6 Å². The number of fused-ring (bicyclic) bond motifs is 1. The molecule has 0 radical (unpaired) electrons. The minimum Gasteiger partial charge on any atom is -0.477 e. The SMILES string of the molecule is COCc1nc(N2CCc3sccc3C2)sc1C(=O)O. The molecule has 20 heavy (non-hydrogen) atoms. The zero-order chi connectivity index (χ0) is 14.1. The molecule has 7 heteroatoms. The first-order valence-electron chi connectivity index (χ1n) is 6.21. The molecule has 1 N–H and O–H groups in total. The molecule has 5 nitrogen and oxygen atoms in total. The van der Waals surface area contributed by atoms with Gasteiger partial charge in [0.1, 0.15) is 4.88 Å². The van der Waals surface area contributed by atoms with Crippen molar-refractivity contribution in [1.82, 2.24) is 4.98 Å². The first-order chi connectivity index (χ1) is 9.69. The highest BCUT2D eigenvalue weighted by atomic mass is 32.1. The van der Waals surface area contributed by atoms with E-state index < -0.39 is 5.97 Å². The van der Waals surface area contributed by atoms with Gasteiger partial charge in [-0.3, -0.25) is 0 Å². The Kier molecular flexibility index (Phi) is 3.73. The van der Waals surface area contributed by atoms with Crippen LogP contribution in [0.2, 0.25) is 0 Å². The molecule has 0 fully saturated rings. The summed E-state index contributed by atoms with van der Waals surface area (Å²) in [6, 6.07) is 2.13. The number of carboxylic acid groups (broad SMARTS) is 1. The van der Waals surface area contributed by atoms with Gasteiger partial charge in [0, 0.05) is 25.1 Å². The van der Waals surface area contributed by atoms with Crippen LogP contribution in [0, 0.1) is 0 Å². The van der Waals surface area contributed by atoms with Gasteiger partial charge in [-0.2, -0.15) is 0 Å². The fraction of sp³-hybridized carbons (Fsp3) is 0.385. The van der Waals surface area contributed by atoms with Gasteiger partial charge >= 0.3 is 5.97 Å². The van der Waals surface area contributed by atoms with Crippen LogP contribution in [0.5, 0.6) is 0 Å².